The molecule has 3 aromatic carbocycles. The number of carbonyl (C=O) groups is 1. The fourth-order valence-corrected chi connectivity index (χ4v) is 5.70. The van der Waals surface area contributed by atoms with Crippen LogP contribution in [-0.4, -0.2) is 28.8 Å². The van der Waals surface area contributed by atoms with Crippen LogP contribution in [0.3, 0.4) is 0 Å². The van der Waals surface area contributed by atoms with Gasteiger partial charge in [-0.1, -0.05) is 37.5 Å². The van der Waals surface area contributed by atoms with Gasteiger partial charge in [0.2, 0.25) is 0 Å². The number of aromatic hydroxyl groups is 1. The van der Waals surface area contributed by atoms with Crippen molar-refractivity contribution in [2.45, 2.75) is 43.0 Å². The van der Waals surface area contributed by atoms with Gasteiger partial charge in [-0.3, -0.25) is 14.3 Å². The van der Waals surface area contributed by atoms with E-state index < -0.39 is 15.9 Å². The molecule has 0 saturated heterocycles. The number of sulfonamides is 1. The molecule has 180 valence electrons. The van der Waals surface area contributed by atoms with Gasteiger partial charge in [-0.15, -0.1) is 0 Å². The minimum Gasteiger partial charge on any atom is -0.508 e. The van der Waals surface area contributed by atoms with Gasteiger partial charge in [0, 0.05) is 5.56 Å². The largest absolute Gasteiger partial charge is 0.508 e. The molecule has 0 atom stereocenters. The molecule has 1 aromatic heterocycles. The second-order valence-corrected chi connectivity index (χ2v) is 10.4. The molecule has 1 aliphatic rings. The van der Waals surface area contributed by atoms with Gasteiger partial charge >= 0.3 is 0 Å². The molecular formula is C26H25N3O5S. The summed E-state index contributed by atoms with van der Waals surface area (Å²) >= 11 is 0. The zero-order chi connectivity index (χ0) is 24.6. The molecule has 0 spiro atoms. The molecule has 1 fully saturated rings. The quantitative estimate of drug-likeness (QED) is 0.436. The zero-order valence-corrected chi connectivity index (χ0v) is 19.7. The van der Waals surface area contributed by atoms with Crippen LogP contribution in [0.15, 0.2) is 82.5 Å². The van der Waals surface area contributed by atoms with Crippen LogP contribution in [0.1, 0.15) is 48.5 Å². The molecule has 1 amide bonds. The van der Waals surface area contributed by atoms with E-state index in [9.17, 15) is 23.1 Å². The summed E-state index contributed by atoms with van der Waals surface area (Å²) in [5.74, 6) is -0.922. The van der Waals surface area contributed by atoms with Crippen LogP contribution in [-0.2, 0) is 10.0 Å². The fourth-order valence-electron chi connectivity index (χ4n) is 4.73. The number of para-hydroxylation sites is 1. The Morgan fingerprint density at radius 3 is 2.29 bits per heavy atom. The molecule has 35 heavy (non-hydrogen) atoms. The van der Waals surface area contributed by atoms with Crippen LogP contribution in [0.25, 0.3) is 16.6 Å². The smallest absolute Gasteiger partial charge is 0.279 e. The van der Waals surface area contributed by atoms with Crippen molar-refractivity contribution in [1.82, 2.24) is 14.1 Å². The normalized spacial score (nSPS) is 14.7. The van der Waals surface area contributed by atoms with Crippen molar-refractivity contribution in [2.75, 3.05) is 0 Å². The number of carbonyl (C=O) groups excluding carboxylic acids is 1. The van der Waals surface area contributed by atoms with E-state index in [0.717, 1.165) is 31.4 Å². The number of hydrogen-bond donors (Lipinski definition) is 2. The molecule has 0 radical (unpaired) electrons. The first-order chi connectivity index (χ1) is 16.8. The summed E-state index contributed by atoms with van der Waals surface area (Å²) in [6.07, 6.45) is 5.27. The van der Waals surface area contributed by atoms with Gasteiger partial charge in [0.25, 0.3) is 21.5 Å². The predicted molar refractivity (Wildman–Crippen MR) is 132 cm³/mol. The van der Waals surface area contributed by atoms with Crippen molar-refractivity contribution in [3.8, 4) is 11.4 Å². The number of amides is 1. The number of nitrogens with zero attached hydrogens (tertiary/aromatic N) is 2. The number of aromatic nitrogens is 2. The first-order valence-electron chi connectivity index (χ1n) is 11.5. The van der Waals surface area contributed by atoms with Crippen molar-refractivity contribution in [3.05, 3.63) is 88.7 Å². The number of benzene rings is 3. The van der Waals surface area contributed by atoms with Crippen LogP contribution in [0.4, 0.5) is 0 Å². The third kappa shape index (κ3) is 4.35. The molecule has 0 bridgehead atoms. The van der Waals surface area contributed by atoms with E-state index in [1.165, 1.54) is 42.8 Å². The third-order valence-corrected chi connectivity index (χ3v) is 7.79. The molecule has 4 aromatic rings. The summed E-state index contributed by atoms with van der Waals surface area (Å²) in [6, 6.07) is 19.1. The first-order valence-corrected chi connectivity index (χ1v) is 13.0. The Hall–Kier alpha value is -3.85. The third-order valence-electron chi connectivity index (χ3n) is 6.44. The second kappa shape index (κ2) is 9.07. The van der Waals surface area contributed by atoms with Crippen LogP contribution >= 0.6 is 0 Å². The van der Waals surface area contributed by atoms with Gasteiger partial charge in [-0.2, -0.15) is 0 Å². The minimum absolute atomic E-state index is 0.0676. The maximum Gasteiger partial charge on any atom is 0.279 e. The Bertz CT molecular complexity index is 1550. The van der Waals surface area contributed by atoms with Gasteiger partial charge in [0.05, 0.1) is 27.5 Å². The Balaban J connectivity index is 1.57. The summed E-state index contributed by atoms with van der Waals surface area (Å²) in [7, 11) is -4.15. The van der Waals surface area contributed by atoms with E-state index >= 15 is 0 Å². The Morgan fingerprint density at radius 1 is 0.914 bits per heavy atom. The fraction of sp³-hybridized carbons (Fsp3) is 0.231. The molecule has 1 heterocycles. The monoisotopic (exact) mass is 491 g/mol. The number of rotatable bonds is 5. The van der Waals surface area contributed by atoms with Gasteiger partial charge in [0.1, 0.15) is 5.75 Å². The highest BCUT2D eigenvalue weighted by molar-refractivity contribution is 7.90. The Kier molecular flexibility index (Phi) is 5.94. The number of nitrogens with one attached hydrogen (secondary N) is 1. The lowest BCUT2D eigenvalue weighted by Gasteiger charge is -2.26. The first kappa shape index (κ1) is 22.9. The molecule has 0 aliphatic heterocycles. The summed E-state index contributed by atoms with van der Waals surface area (Å²) < 4.78 is 31.0. The number of phenolic OH excluding ortho intramolecular Hbond substituents is 1. The minimum atomic E-state index is -4.15. The summed E-state index contributed by atoms with van der Waals surface area (Å²) in [5, 5.41) is 9.75. The summed E-state index contributed by atoms with van der Waals surface area (Å²) in [4.78, 5) is 26.3. The lowest BCUT2D eigenvalue weighted by atomic mass is 9.95. The molecule has 5 rings (SSSR count). The van der Waals surface area contributed by atoms with Gasteiger partial charge in [-0.05, 0) is 67.4 Å². The maximum atomic E-state index is 13.6. The van der Waals surface area contributed by atoms with Crippen LogP contribution in [0.5, 0.6) is 5.75 Å². The highest BCUT2D eigenvalue weighted by atomic mass is 32.2. The van der Waals surface area contributed by atoms with Gasteiger partial charge in [-0.25, -0.2) is 17.8 Å². The number of phenols is 1. The summed E-state index contributed by atoms with van der Waals surface area (Å²) in [6.45, 7) is 0. The molecular weight excluding hydrogens is 466 g/mol. The Labute approximate surface area is 202 Å². The summed E-state index contributed by atoms with van der Waals surface area (Å²) in [5.41, 5.74) is 1.26. The van der Waals surface area contributed by atoms with Crippen molar-refractivity contribution in [2.24, 2.45) is 0 Å². The highest BCUT2D eigenvalue weighted by Crippen LogP contribution is 2.32. The maximum absolute atomic E-state index is 13.6. The molecule has 1 aliphatic carbocycles. The zero-order valence-electron chi connectivity index (χ0n) is 18.9. The van der Waals surface area contributed by atoms with Gasteiger partial charge < -0.3 is 5.11 Å². The average molecular weight is 492 g/mol. The van der Waals surface area contributed by atoms with E-state index in [1.54, 1.807) is 10.7 Å². The molecule has 8 nitrogen and oxygen atoms in total. The number of hydrogen-bond acceptors (Lipinski definition) is 5. The standard InChI is InChI=1S/C26H25N3O5S/c30-21-12-14-22(15-13-21)35(33,34)27-25(31)18-11-16-24-23(17-18)26(32)29(20-9-5-2-6-10-20)28(24)19-7-3-1-4-8-19/h2,5-6,9-17,19,30H,1,3-4,7-8H2,(H,27,31). The SMILES string of the molecule is O=C(NS(=O)(=O)c1ccc(O)cc1)c1ccc2c(c1)c(=O)n(-c1ccccc1)n2C1CCCCC1. The van der Waals surface area contributed by atoms with Crippen LogP contribution in [0, 0.1) is 0 Å². The van der Waals surface area contributed by atoms with Crippen molar-refractivity contribution >= 4 is 26.8 Å². The number of fused-ring (bicyclic) bond motifs is 1. The molecule has 0 unspecified atom stereocenters. The molecule has 1 saturated carbocycles. The van der Waals surface area contributed by atoms with E-state index in [2.05, 4.69) is 0 Å². The van der Waals surface area contributed by atoms with E-state index in [0.29, 0.717) is 10.9 Å². The average Bonchev–Trinajstić information content (AvgIpc) is 3.17. The van der Waals surface area contributed by atoms with E-state index in [4.69, 9.17) is 0 Å². The lowest BCUT2D eigenvalue weighted by Crippen LogP contribution is -2.30. The topological polar surface area (TPSA) is 110 Å². The lowest BCUT2D eigenvalue weighted by molar-refractivity contribution is 0.0981. The van der Waals surface area contributed by atoms with Crippen LogP contribution in [0.2, 0.25) is 0 Å². The second-order valence-electron chi connectivity index (χ2n) is 8.75. The van der Waals surface area contributed by atoms with E-state index in [1.807, 2.05) is 39.7 Å². The predicted octanol–water partition coefficient (Wildman–Crippen LogP) is 4.12. The van der Waals surface area contributed by atoms with Crippen molar-refractivity contribution < 1.29 is 18.3 Å². The molecule has 9 heteroatoms. The molecule has 2 N–H and O–H groups in total. The highest BCUT2D eigenvalue weighted by Gasteiger charge is 2.25. The van der Waals surface area contributed by atoms with E-state index in [-0.39, 0.29) is 27.8 Å². The van der Waals surface area contributed by atoms with Crippen LogP contribution < -0.4 is 10.3 Å². The van der Waals surface area contributed by atoms with Gasteiger partial charge in [0.15, 0.2) is 0 Å². The van der Waals surface area contributed by atoms with Crippen molar-refractivity contribution in [1.29, 1.82) is 0 Å². The van der Waals surface area contributed by atoms with Crippen molar-refractivity contribution in [3.63, 3.8) is 0 Å². The Morgan fingerprint density at radius 2 is 1.60 bits per heavy atom.